The van der Waals surface area contributed by atoms with Crippen molar-refractivity contribution in [2.75, 3.05) is 10.6 Å². The first-order valence-electron chi connectivity index (χ1n) is 7.92. The van der Waals surface area contributed by atoms with Crippen LogP contribution in [-0.4, -0.2) is 16.7 Å². The largest absolute Gasteiger partial charge is 0.355 e. The summed E-state index contributed by atoms with van der Waals surface area (Å²) < 4.78 is 13.0. The Kier molecular flexibility index (Phi) is 5.03. The van der Waals surface area contributed by atoms with E-state index >= 15 is 0 Å². The molecule has 0 saturated carbocycles. The summed E-state index contributed by atoms with van der Waals surface area (Å²) in [6.07, 6.45) is 1.51. The van der Waals surface area contributed by atoms with Crippen LogP contribution in [0, 0.1) is 5.82 Å². The van der Waals surface area contributed by atoms with Crippen LogP contribution < -0.4 is 10.6 Å². The van der Waals surface area contributed by atoms with Crippen LogP contribution in [0.2, 0.25) is 0 Å². The van der Waals surface area contributed by atoms with Crippen molar-refractivity contribution < 1.29 is 14.0 Å². The highest BCUT2D eigenvalue weighted by molar-refractivity contribution is 6.03. The van der Waals surface area contributed by atoms with Gasteiger partial charge in [-0.05, 0) is 67.6 Å². The highest BCUT2D eigenvalue weighted by Gasteiger charge is 2.09. The highest BCUT2D eigenvalue weighted by Crippen LogP contribution is 2.18. The summed E-state index contributed by atoms with van der Waals surface area (Å²) in [5, 5.41) is 5.82. The fourth-order valence-electron chi connectivity index (χ4n) is 2.32. The van der Waals surface area contributed by atoms with Gasteiger partial charge in [0.2, 0.25) is 0 Å². The van der Waals surface area contributed by atoms with Crippen molar-refractivity contribution in [2.24, 2.45) is 0 Å². The van der Waals surface area contributed by atoms with Gasteiger partial charge in [0.15, 0.2) is 5.78 Å². The molecule has 1 amide bonds. The van der Waals surface area contributed by atoms with Crippen molar-refractivity contribution in [1.29, 1.82) is 0 Å². The third-order valence-electron chi connectivity index (χ3n) is 3.67. The van der Waals surface area contributed by atoms with Crippen molar-refractivity contribution in [3.8, 4) is 0 Å². The fraction of sp³-hybridized carbons (Fsp3) is 0.0500. The molecule has 1 heterocycles. The summed E-state index contributed by atoms with van der Waals surface area (Å²) in [4.78, 5) is 27.7. The topological polar surface area (TPSA) is 71.1 Å². The lowest BCUT2D eigenvalue weighted by molar-refractivity contribution is 0.101. The summed E-state index contributed by atoms with van der Waals surface area (Å²) >= 11 is 0. The molecular formula is C20H16FN3O2. The van der Waals surface area contributed by atoms with Crippen molar-refractivity contribution in [3.63, 3.8) is 0 Å². The van der Waals surface area contributed by atoms with Crippen molar-refractivity contribution in [3.05, 3.63) is 83.9 Å². The molecule has 0 aliphatic carbocycles. The molecule has 3 rings (SSSR count). The van der Waals surface area contributed by atoms with Crippen LogP contribution in [0.15, 0.2) is 66.9 Å². The number of anilines is 3. The van der Waals surface area contributed by atoms with Crippen LogP contribution >= 0.6 is 0 Å². The Balaban J connectivity index is 1.71. The zero-order chi connectivity index (χ0) is 18.5. The third kappa shape index (κ3) is 4.30. The number of nitrogens with zero attached hydrogens (tertiary/aromatic N) is 1. The maximum Gasteiger partial charge on any atom is 0.274 e. The molecule has 0 aliphatic heterocycles. The van der Waals surface area contributed by atoms with Crippen molar-refractivity contribution >= 4 is 28.8 Å². The second kappa shape index (κ2) is 7.57. The maximum atomic E-state index is 13.0. The van der Waals surface area contributed by atoms with Gasteiger partial charge in [0, 0.05) is 28.8 Å². The van der Waals surface area contributed by atoms with Gasteiger partial charge < -0.3 is 10.6 Å². The minimum atomic E-state index is -0.372. The Bertz CT molecular complexity index is 938. The minimum Gasteiger partial charge on any atom is -0.355 e. The van der Waals surface area contributed by atoms with E-state index in [1.807, 2.05) is 0 Å². The van der Waals surface area contributed by atoms with Crippen LogP contribution in [0.4, 0.5) is 21.5 Å². The van der Waals surface area contributed by atoms with E-state index in [1.165, 1.54) is 25.3 Å². The molecule has 0 aliphatic rings. The number of rotatable bonds is 5. The lowest BCUT2D eigenvalue weighted by Crippen LogP contribution is -2.14. The van der Waals surface area contributed by atoms with Gasteiger partial charge in [0.1, 0.15) is 11.5 Å². The number of carbonyl (C=O) groups is 2. The molecule has 0 unspecified atom stereocenters. The van der Waals surface area contributed by atoms with E-state index in [0.29, 0.717) is 22.6 Å². The van der Waals surface area contributed by atoms with E-state index in [0.717, 1.165) is 0 Å². The third-order valence-corrected chi connectivity index (χ3v) is 3.67. The summed E-state index contributed by atoms with van der Waals surface area (Å²) in [5.41, 5.74) is 2.73. The first-order chi connectivity index (χ1) is 12.5. The molecule has 3 aromatic rings. The van der Waals surface area contributed by atoms with E-state index in [2.05, 4.69) is 15.6 Å². The zero-order valence-electron chi connectivity index (χ0n) is 14.0. The molecule has 0 atom stereocenters. The van der Waals surface area contributed by atoms with Crippen molar-refractivity contribution in [1.82, 2.24) is 4.98 Å². The summed E-state index contributed by atoms with van der Waals surface area (Å²) in [6, 6.07) is 15.8. The summed E-state index contributed by atoms with van der Waals surface area (Å²) in [5.74, 6) is -0.728. The number of benzene rings is 2. The Morgan fingerprint density at radius 3 is 2.19 bits per heavy atom. The number of Topliss-reactive ketones (excluding diaryl/α,β-unsaturated/α-hetero) is 1. The van der Waals surface area contributed by atoms with Gasteiger partial charge in [-0.2, -0.15) is 0 Å². The Morgan fingerprint density at radius 1 is 0.885 bits per heavy atom. The molecule has 0 fully saturated rings. The molecule has 1 aromatic heterocycles. The van der Waals surface area contributed by atoms with Gasteiger partial charge in [-0.1, -0.05) is 0 Å². The Labute approximate surface area is 149 Å². The second-order valence-electron chi connectivity index (χ2n) is 5.65. The SMILES string of the molecule is CC(=O)c1ccc(NC(=O)c2cc(Nc3ccc(F)cc3)ccn2)cc1. The fourth-order valence-corrected chi connectivity index (χ4v) is 2.32. The predicted octanol–water partition coefficient (Wildman–Crippen LogP) is 4.42. The Morgan fingerprint density at radius 2 is 1.54 bits per heavy atom. The van der Waals surface area contributed by atoms with Crippen LogP contribution in [0.5, 0.6) is 0 Å². The number of carbonyl (C=O) groups excluding carboxylic acids is 2. The van der Waals surface area contributed by atoms with E-state index in [-0.39, 0.29) is 23.2 Å². The standard InChI is InChI=1S/C20H16FN3O2/c1-13(25)14-2-6-17(7-3-14)24-20(26)19-12-18(10-11-22-19)23-16-8-4-15(21)5-9-16/h2-12H,1H3,(H,22,23)(H,24,26). The van der Waals surface area contributed by atoms with Gasteiger partial charge in [-0.3, -0.25) is 14.6 Å². The van der Waals surface area contributed by atoms with E-state index in [1.54, 1.807) is 48.5 Å². The average Bonchev–Trinajstić information content (AvgIpc) is 2.64. The summed E-state index contributed by atoms with van der Waals surface area (Å²) in [7, 11) is 0. The van der Waals surface area contributed by atoms with Gasteiger partial charge in [0.05, 0.1) is 0 Å². The first-order valence-corrected chi connectivity index (χ1v) is 7.92. The number of halogens is 1. The molecule has 2 N–H and O–H groups in total. The van der Waals surface area contributed by atoms with E-state index < -0.39 is 0 Å². The first kappa shape index (κ1) is 17.3. The van der Waals surface area contributed by atoms with Crippen LogP contribution in [0.1, 0.15) is 27.8 Å². The van der Waals surface area contributed by atoms with Crippen LogP contribution in [0.25, 0.3) is 0 Å². The molecule has 6 heteroatoms. The maximum absolute atomic E-state index is 13.0. The smallest absolute Gasteiger partial charge is 0.274 e. The number of ketones is 1. The minimum absolute atomic E-state index is 0.0379. The average molecular weight is 349 g/mol. The number of hydrogen-bond donors (Lipinski definition) is 2. The molecule has 0 radical (unpaired) electrons. The zero-order valence-corrected chi connectivity index (χ0v) is 14.0. The van der Waals surface area contributed by atoms with E-state index in [4.69, 9.17) is 0 Å². The lowest BCUT2D eigenvalue weighted by atomic mass is 10.1. The number of amides is 1. The Hall–Kier alpha value is -3.54. The van der Waals surface area contributed by atoms with E-state index in [9.17, 15) is 14.0 Å². The predicted molar refractivity (Wildman–Crippen MR) is 98.3 cm³/mol. The highest BCUT2D eigenvalue weighted by atomic mass is 19.1. The van der Waals surface area contributed by atoms with Crippen LogP contribution in [-0.2, 0) is 0 Å². The lowest BCUT2D eigenvalue weighted by Gasteiger charge is -2.09. The molecule has 0 spiro atoms. The molecule has 26 heavy (non-hydrogen) atoms. The number of pyridine rings is 1. The van der Waals surface area contributed by atoms with Crippen molar-refractivity contribution in [2.45, 2.75) is 6.92 Å². The number of hydrogen-bond acceptors (Lipinski definition) is 4. The van der Waals surface area contributed by atoms with Gasteiger partial charge in [0.25, 0.3) is 5.91 Å². The second-order valence-corrected chi connectivity index (χ2v) is 5.65. The molecule has 0 bridgehead atoms. The molecule has 5 nitrogen and oxygen atoms in total. The molecule has 0 saturated heterocycles. The normalized spacial score (nSPS) is 10.2. The van der Waals surface area contributed by atoms with Gasteiger partial charge in [-0.25, -0.2) is 4.39 Å². The number of nitrogens with one attached hydrogen (secondary N) is 2. The molecule has 130 valence electrons. The molecular weight excluding hydrogens is 333 g/mol. The number of aromatic nitrogens is 1. The quantitative estimate of drug-likeness (QED) is 0.669. The summed E-state index contributed by atoms with van der Waals surface area (Å²) in [6.45, 7) is 1.48. The van der Waals surface area contributed by atoms with Gasteiger partial charge >= 0.3 is 0 Å². The molecule has 2 aromatic carbocycles. The van der Waals surface area contributed by atoms with Crippen LogP contribution in [0.3, 0.4) is 0 Å². The monoisotopic (exact) mass is 349 g/mol. The van der Waals surface area contributed by atoms with Gasteiger partial charge in [-0.15, -0.1) is 0 Å².